The fourth-order valence-corrected chi connectivity index (χ4v) is 5.13. The predicted octanol–water partition coefficient (Wildman–Crippen LogP) is 5.50. The number of carboxylic acid groups (broad SMARTS) is 1. The SMILES string of the molecule is CC(C)(C)OC(=O)Nc1cccc(C(CP(=O)(O)CCCCc2ccccc2)C(=O)O)c1. The van der Waals surface area contributed by atoms with Crippen molar-refractivity contribution in [1.82, 2.24) is 0 Å². The van der Waals surface area contributed by atoms with Crippen LogP contribution in [-0.4, -0.2) is 40.0 Å². The topological polar surface area (TPSA) is 113 Å². The minimum Gasteiger partial charge on any atom is -0.481 e. The van der Waals surface area contributed by atoms with E-state index in [4.69, 9.17) is 4.74 Å². The Balaban J connectivity index is 1.99. The molecule has 2 unspecified atom stereocenters. The van der Waals surface area contributed by atoms with Crippen molar-refractivity contribution in [3.05, 3.63) is 65.7 Å². The van der Waals surface area contributed by atoms with Crippen molar-refractivity contribution in [2.24, 2.45) is 0 Å². The summed E-state index contributed by atoms with van der Waals surface area (Å²) in [5, 5.41) is 12.3. The smallest absolute Gasteiger partial charge is 0.412 e. The predicted molar refractivity (Wildman–Crippen MR) is 126 cm³/mol. The van der Waals surface area contributed by atoms with E-state index >= 15 is 0 Å². The average molecular weight is 461 g/mol. The summed E-state index contributed by atoms with van der Waals surface area (Å²) in [7, 11) is -3.65. The Morgan fingerprint density at radius 1 is 1.06 bits per heavy atom. The quantitative estimate of drug-likeness (QED) is 0.318. The highest BCUT2D eigenvalue weighted by atomic mass is 31.2. The van der Waals surface area contributed by atoms with Crippen LogP contribution in [0.5, 0.6) is 0 Å². The van der Waals surface area contributed by atoms with Gasteiger partial charge in [-0.2, -0.15) is 0 Å². The van der Waals surface area contributed by atoms with Crippen LogP contribution in [0.25, 0.3) is 0 Å². The second-order valence-electron chi connectivity index (χ2n) is 8.84. The Kier molecular flexibility index (Phi) is 9.05. The van der Waals surface area contributed by atoms with Crippen molar-refractivity contribution in [3.8, 4) is 0 Å². The standard InChI is InChI=1S/C24H32NO6P/c1-24(2,3)31-23(28)25-20-14-9-13-19(16-20)21(22(26)27)17-32(29,30)15-8-7-12-18-10-5-4-6-11-18/h4-6,9-11,13-14,16,21H,7-8,12,15,17H2,1-3H3,(H,25,28)(H,26,27)(H,29,30). The molecular formula is C24H32NO6P. The number of carbonyl (C=O) groups is 2. The van der Waals surface area contributed by atoms with Gasteiger partial charge in [-0.15, -0.1) is 0 Å². The third kappa shape index (κ3) is 9.25. The Bertz CT molecular complexity index is 954. The largest absolute Gasteiger partial charge is 0.481 e. The highest BCUT2D eigenvalue weighted by Crippen LogP contribution is 2.46. The van der Waals surface area contributed by atoms with Gasteiger partial charge in [-0.05, 0) is 63.3 Å². The van der Waals surface area contributed by atoms with E-state index in [1.807, 2.05) is 30.3 Å². The number of nitrogens with one attached hydrogen (secondary N) is 1. The number of rotatable bonds is 10. The lowest BCUT2D eigenvalue weighted by Gasteiger charge is -2.21. The van der Waals surface area contributed by atoms with Crippen molar-refractivity contribution in [1.29, 1.82) is 0 Å². The zero-order valence-electron chi connectivity index (χ0n) is 18.8. The first-order valence-electron chi connectivity index (χ1n) is 10.6. The van der Waals surface area contributed by atoms with E-state index in [1.165, 1.54) is 6.07 Å². The van der Waals surface area contributed by atoms with Gasteiger partial charge in [-0.1, -0.05) is 42.5 Å². The first kappa shape index (κ1) is 25.6. The van der Waals surface area contributed by atoms with Crippen molar-refractivity contribution in [2.75, 3.05) is 17.6 Å². The van der Waals surface area contributed by atoms with E-state index in [-0.39, 0.29) is 12.3 Å². The van der Waals surface area contributed by atoms with Gasteiger partial charge in [0.25, 0.3) is 0 Å². The van der Waals surface area contributed by atoms with Crippen LogP contribution in [0, 0.1) is 0 Å². The molecule has 0 bridgehead atoms. The number of carboxylic acids is 1. The summed E-state index contributed by atoms with van der Waals surface area (Å²) in [6, 6.07) is 16.1. The Morgan fingerprint density at radius 2 is 1.75 bits per heavy atom. The van der Waals surface area contributed by atoms with Crippen LogP contribution < -0.4 is 5.32 Å². The van der Waals surface area contributed by atoms with E-state index in [2.05, 4.69) is 5.32 Å². The molecular weight excluding hydrogens is 429 g/mol. The van der Waals surface area contributed by atoms with E-state index in [0.717, 1.165) is 18.4 Å². The van der Waals surface area contributed by atoms with Crippen molar-refractivity contribution >= 4 is 25.1 Å². The van der Waals surface area contributed by atoms with Gasteiger partial charge in [0.2, 0.25) is 7.37 Å². The van der Waals surface area contributed by atoms with E-state index < -0.39 is 31.0 Å². The highest BCUT2D eigenvalue weighted by molar-refractivity contribution is 7.58. The lowest BCUT2D eigenvalue weighted by Crippen LogP contribution is -2.27. The molecule has 0 aliphatic rings. The molecule has 3 N–H and O–H groups in total. The second kappa shape index (κ2) is 11.3. The summed E-state index contributed by atoms with van der Waals surface area (Å²) < 4.78 is 17.9. The number of ether oxygens (including phenoxy) is 1. The maximum Gasteiger partial charge on any atom is 0.412 e. The first-order valence-corrected chi connectivity index (χ1v) is 12.7. The maximum atomic E-state index is 12.7. The van der Waals surface area contributed by atoms with Gasteiger partial charge in [-0.25, -0.2) is 4.79 Å². The highest BCUT2D eigenvalue weighted by Gasteiger charge is 2.30. The summed E-state index contributed by atoms with van der Waals surface area (Å²) in [6.45, 7) is 5.21. The number of aryl methyl sites for hydroxylation is 1. The molecule has 2 aromatic carbocycles. The Hall–Kier alpha value is -2.63. The number of amides is 1. The molecule has 0 saturated heterocycles. The summed E-state index contributed by atoms with van der Waals surface area (Å²) in [5.41, 5.74) is 1.20. The van der Waals surface area contributed by atoms with Crippen LogP contribution >= 0.6 is 7.37 Å². The van der Waals surface area contributed by atoms with E-state index in [1.54, 1.807) is 39.0 Å². The molecule has 7 nitrogen and oxygen atoms in total. The molecule has 0 heterocycles. The zero-order chi connectivity index (χ0) is 23.8. The summed E-state index contributed by atoms with van der Waals surface area (Å²) >= 11 is 0. The van der Waals surface area contributed by atoms with Gasteiger partial charge >= 0.3 is 12.1 Å². The number of aliphatic carboxylic acids is 1. The summed E-state index contributed by atoms with van der Waals surface area (Å²) in [5.74, 6) is -2.33. The molecule has 8 heteroatoms. The lowest BCUT2D eigenvalue weighted by molar-refractivity contribution is -0.138. The summed E-state index contributed by atoms with van der Waals surface area (Å²) in [6.07, 6.45) is 1.15. The van der Waals surface area contributed by atoms with Crippen LogP contribution in [0.3, 0.4) is 0 Å². The molecule has 2 rings (SSSR count). The van der Waals surface area contributed by atoms with E-state index in [9.17, 15) is 24.2 Å². The van der Waals surface area contributed by atoms with Crippen molar-refractivity contribution < 1.29 is 28.9 Å². The number of unbranched alkanes of at least 4 members (excludes halogenated alkanes) is 1. The molecule has 0 aromatic heterocycles. The fourth-order valence-electron chi connectivity index (χ4n) is 3.29. The number of carbonyl (C=O) groups excluding carboxylic acids is 1. The Morgan fingerprint density at radius 3 is 2.38 bits per heavy atom. The Labute approximate surface area is 189 Å². The van der Waals surface area contributed by atoms with Crippen LogP contribution in [0.1, 0.15) is 50.7 Å². The average Bonchev–Trinajstić information content (AvgIpc) is 2.69. The molecule has 0 aliphatic heterocycles. The lowest BCUT2D eigenvalue weighted by atomic mass is 10.0. The van der Waals surface area contributed by atoms with Gasteiger partial charge in [0.15, 0.2) is 0 Å². The molecule has 2 aromatic rings. The van der Waals surface area contributed by atoms with Gasteiger partial charge in [-0.3, -0.25) is 14.7 Å². The van der Waals surface area contributed by atoms with Crippen molar-refractivity contribution in [3.63, 3.8) is 0 Å². The normalized spacial score (nSPS) is 14.2. The van der Waals surface area contributed by atoms with Gasteiger partial charge in [0, 0.05) is 18.0 Å². The molecule has 0 aliphatic carbocycles. The van der Waals surface area contributed by atoms with Crippen molar-refractivity contribution in [2.45, 2.75) is 51.6 Å². The van der Waals surface area contributed by atoms with Crippen LogP contribution in [0.15, 0.2) is 54.6 Å². The summed E-state index contributed by atoms with van der Waals surface area (Å²) in [4.78, 5) is 34.3. The first-order chi connectivity index (χ1) is 15.0. The minimum atomic E-state index is -3.65. The number of hydrogen-bond donors (Lipinski definition) is 3. The zero-order valence-corrected chi connectivity index (χ0v) is 19.7. The molecule has 0 fully saturated rings. The number of anilines is 1. The minimum absolute atomic E-state index is 0.0689. The molecule has 2 atom stereocenters. The number of hydrogen-bond acceptors (Lipinski definition) is 4. The van der Waals surface area contributed by atoms with Crippen LogP contribution in [0.2, 0.25) is 0 Å². The van der Waals surface area contributed by atoms with Crippen LogP contribution in [-0.2, 0) is 20.5 Å². The van der Waals surface area contributed by atoms with E-state index in [0.29, 0.717) is 17.7 Å². The fraction of sp³-hybridized carbons (Fsp3) is 0.417. The molecule has 1 amide bonds. The second-order valence-corrected chi connectivity index (χ2v) is 11.3. The monoisotopic (exact) mass is 461 g/mol. The molecule has 32 heavy (non-hydrogen) atoms. The van der Waals surface area contributed by atoms with Gasteiger partial charge in [0.1, 0.15) is 5.60 Å². The number of benzene rings is 2. The molecule has 174 valence electrons. The third-order valence-electron chi connectivity index (χ3n) is 4.77. The molecule has 0 radical (unpaired) electrons. The van der Waals surface area contributed by atoms with Crippen LogP contribution in [0.4, 0.5) is 10.5 Å². The maximum absolute atomic E-state index is 12.7. The third-order valence-corrected chi connectivity index (χ3v) is 6.72. The molecule has 0 saturated carbocycles. The molecule has 0 spiro atoms. The van der Waals surface area contributed by atoms with Gasteiger partial charge < -0.3 is 14.7 Å². The van der Waals surface area contributed by atoms with Gasteiger partial charge in [0.05, 0.1) is 5.92 Å².